The van der Waals surface area contributed by atoms with Crippen molar-refractivity contribution in [3.63, 3.8) is 0 Å². The molecule has 1 aromatic rings. The van der Waals surface area contributed by atoms with Gasteiger partial charge in [0, 0.05) is 36.4 Å². The molecule has 1 amide bonds. The van der Waals surface area contributed by atoms with E-state index in [-0.39, 0.29) is 5.56 Å². The molecule has 0 N–H and O–H groups in total. The topological polar surface area (TPSA) is 97.6 Å². The first-order chi connectivity index (χ1) is 8.68. The van der Waals surface area contributed by atoms with Crippen LogP contribution in [0.15, 0.2) is 23.1 Å². The van der Waals surface area contributed by atoms with Crippen LogP contribution in [0.3, 0.4) is 0 Å². The lowest BCUT2D eigenvalue weighted by molar-refractivity contribution is -0.385. The maximum Gasteiger partial charge on any atom is 0.270 e. The van der Waals surface area contributed by atoms with E-state index >= 15 is 0 Å². The first-order valence-corrected chi connectivity index (χ1v) is 7.48. The highest BCUT2D eigenvalue weighted by molar-refractivity contribution is 8.13. The summed E-state index contributed by atoms with van der Waals surface area (Å²) in [7, 11) is 2.44. The average molecular weight is 307 g/mol. The van der Waals surface area contributed by atoms with Crippen molar-refractivity contribution < 1.29 is 18.1 Å². The third-order valence-corrected chi connectivity index (χ3v) is 3.85. The minimum absolute atomic E-state index is 0.190. The predicted octanol–water partition coefficient (Wildman–Crippen LogP) is 1.61. The normalized spacial score (nSPS) is 11.1. The molecule has 0 heterocycles. The van der Waals surface area contributed by atoms with Crippen molar-refractivity contribution in [1.29, 1.82) is 0 Å². The fourth-order valence-corrected chi connectivity index (χ4v) is 2.41. The van der Waals surface area contributed by atoms with Gasteiger partial charge < -0.3 is 4.90 Å². The molecule has 104 valence electrons. The lowest BCUT2D eigenvalue weighted by Crippen LogP contribution is -2.27. The number of nitro benzene ring substituents is 1. The van der Waals surface area contributed by atoms with Crippen molar-refractivity contribution in [2.45, 2.75) is 11.8 Å². The van der Waals surface area contributed by atoms with Crippen molar-refractivity contribution in [2.75, 3.05) is 13.6 Å². The summed E-state index contributed by atoms with van der Waals surface area (Å²) in [5.41, 5.74) is -0.639. The van der Waals surface area contributed by atoms with Crippen LogP contribution < -0.4 is 0 Å². The van der Waals surface area contributed by atoms with Gasteiger partial charge in [-0.25, -0.2) is 8.42 Å². The Morgan fingerprint density at radius 3 is 2.47 bits per heavy atom. The van der Waals surface area contributed by atoms with Crippen molar-refractivity contribution >= 4 is 31.3 Å². The zero-order valence-electron chi connectivity index (χ0n) is 10.2. The lowest BCUT2D eigenvalue weighted by Gasteiger charge is -2.15. The van der Waals surface area contributed by atoms with E-state index in [4.69, 9.17) is 10.7 Å². The Hall–Kier alpha value is -1.67. The predicted molar refractivity (Wildman–Crippen MR) is 68.8 cm³/mol. The molecule has 0 spiro atoms. The van der Waals surface area contributed by atoms with Crippen LogP contribution in [0.5, 0.6) is 0 Å². The number of nitrogens with zero attached hydrogens (tertiary/aromatic N) is 2. The molecule has 0 radical (unpaired) electrons. The van der Waals surface area contributed by atoms with E-state index < -0.39 is 30.5 Å². The second-order valence-corrected chi connectivity index (χ2v) is 6.23. The van der Waals surface area contributed by atoms with Gasteiger partial charge in [0.25, 0.3) is 20.6 Å². The summed E-state index contributed by atoms with van der Waals surface area (Å²) in [4.78, 5) is 22.5. The number of amides is 1. The minimum Gasteiger partial charge on any atom is -0.342 e. The highest BCUT2D eigenvalue weighted by atomic mass is 35.7. The van der Waals surface area contributed by atoms with Gasteiger partial charge in [0.1, 0.15) is 4.90 Å². The Bertz CT molecular complexity index is 629. The maximum atomic E-state index is 12.0. The van der Waals surface area contributed by atoms with E-state index in [1.807, 2.05) is 0 Å². The van der Waals surface area contributed by atoms with Gasteiger partial charge in [-0.1, -0.05) is 0 Å². The Kier molecular flexibility index (Phi) is 4.48. The number of halogens is 1. The number of hydrogen-bond acceptors (Lipinski definition) is 5. The third kappa shape index (κ3) is 3.42. The van der Waals surface area contributed by atoms with E-state index in [0.29, 0.717) is 6.54 Å². The smallest absolute Gasteiger partial charge is 0.270 e. The number of carbonyl (C=O) groups is 1. The van der Waals surface area contributed by atoms with Crippen molar-refractivity contribution in [2.24, 2.45) is 0 Å². The third-order valence-electron chi connectivity index (χ3n) is 2.49. The van der Waals surface area contributed by atoms with Gasteiger partial charge in [-0.3, -0.25) is 14.9 Å². The first kappa shape index (κ1) is 15.4. The highest BCUT2D eigenvalue weighted by Crippen LogP contribution is 2.26. The fourth-order valence-electron chi connectivity index (χ4n) is 1.35. The van der Waals surface area contributed by atoms with Gasteiger partial charge in [-0.15, -0.1) is 0 Å². The SMILES string of the molecule is CCN(C)C(=O)c1ccc([N+](=O)[O-])cc1S(=O)(=O)Cl. The number of nitro groups is 1. The van der Waals surface area contributed by atoms with E-state index in [0.717, 1.165) is 18.2 Å². The standard InChI is InChI=1S/C10H11ClN2O5S/c1-3-12(2)10(14)8-5-4-7(13(15)16)6-9(8)19(11,17)18/h4-6H,3H2,1-2H3. The summed E-state index contributed by atoms with van der Waals surface area (Å²) in [6, 6.07) is 2.92. The molecule has 0 aliphatic heterocycles. The van der Waals surface area contributed by atoms with Gasteiger partial charge in [0.05, 0.1) is 10.5 Å². The molecule has 0 aromatic heterocycles. The molecular weight excluding hydrogens is 296 g/mol. The van der Waals surface area contributed by atoms with Gasteiger partial charge in [-0.05, 0) is 13.0 Å². The van der Waals surface area contributed by atoms with Crippen LogP contribution in [0.1, 0.15) is 17.3 Å². The number of carbonyl (C=O) groups excluding carboxylic acids is 1. The van der Waals surface area contributed by atoms with Crippen LogP contribution in [0.25, 0.3) is 0 Å². The molecule has 0 atom stereocenters. The number of benzene rings is 1. The molecular formula is C10H11ClN2O5S. The Labute approximate surface area is 114 Å². The zero-order chi connectivity index (χ0) is 14.8. The maximum absolute atomic E-state index is 12.0. The average Bonchev–Trinajstić information content (AvgIpc) is 2.35. The van der Waals surface area contributed by atoms with Crippen molar-refractivity contribution in [1.82, 2.24) is 4.90 Å². The van der Waals surface area contributed by atoms with Gasteiger partial charge in [0.2, 0.25) is 0 Å². The monoisotopic (exact) mass is 306 g/mol. The molecule has 0 saturated heterocycles. The molecule has 0 bridgehead atoms. The van der Waals surface area contributed by atoms with E-state index in [1.54, 1.807) is 6.92 Å². The van der Waals surface area contributed by atoms with Crippen LogP contribution in [-0.2, 0) is 9.05 Å². The molecule has 0 saturated carbocycles. The van der Waals surface area contributed by atoms with Crippen molar-refractivity contribution in [3.8, 4) is 0 Å². The zero-order valence-corrected chi connectivity index (χ0v) is 11.7. The number of hydrogen-bond donors (Lipinski definition) is 0. The fraction of sp³-hybridized carbons (Fsp3) is 0.300. The summed E-state index contributed by atoms with van der Waals surface area (Å²) in [5.74, 6) is -0.573. The van der Waals surface area contributed by atoms with Crippen LogP contribution in [-0.4, -0.2) is 37.7 Å². The van der Waals surface area contributed by atoms with E-state index in [1.165, 1.54) is 11.9 Å². The molecule has 0 unspecified atom stereocenters. The number of rotatable bonds is 4. The molecule has 1 aromatic carbocycles. The van der Waals surface area contributed by atoms with E-state index in [2.05, 4.69) is 0 Å². The Morgan fingerprint density at radius 1 is 1.47 bits per heavy atom. The van der Waals surface area contributed by atoms with Gasteiger partial charge >= 0.3 is 0 Å². The summed E-state index contributed by atoms with van der Waals surface area (Å²) in [6.07, 6.45) is 0. The van der Waals surface area contributed by atoms with E-state index in [9.17, 15) is 23.3 Å². The van der Waals surface area contributed by atoms with Gasteiger partial charge in [0.15, 0.2) is 0 Å². The van der Waals surface area contributed by atoms with Crippen LogP contribution in [0, 0.1) is 10.1 Å². The van der Waals surface area contributed by atoms with Crippen LogP contribution in [0.2, 0.25) is 0 Å². The molecule has 0 aliphatic rings. The molecule has 1 rings (SSSR count). The molecule has 0 fully saturated rings. The van der Waals surface area contributed by atoms with Crippen LogP contribution >= 0.6 is 10.7 Å². The molecule has 0 aliphatic carbocycles. The Morgan fingerprint density at radius 2 is 2.05 bits per heavy atom. The largest absolute Gasteiger partial charge is 0.342 e. The van der Waals surface area contributed by atoms with Crippen molar-refractivity contribution in [3.05, 3.63) is 33.9 Å². The number of non-ortho nitro benzene ring substituents is 1. The van der Waals surface area contributed by atoms with Crippen LogP contribution in [0.4, 0.5) is 5.69 Å². The molecule has 9 heteroatoms. The summed E-state index contributed by atoms with van der Waals surface area (Å²) in [6.45, 7) is 2.07. The summed E-state index contributed by atoms with van der Waals surface area (Å²) >= 11 is 0. The Balaban J connectivity index is 3.49. The lowest BCUT2D eigenvalue weighted by atomic mass is 10.2. The highest BCUT2D eigenvalue weighted by Gasteiger charge is 2.25. The minimum atomic E-state index is -4.26. The summed E-state index contributed by atoms with van der Waals surface area (Å²) < 4.78 is 22.8. The quantitative estimate of drug-likeness (QED) is 0.478. The summed E-state index contributed by atoms with van der Waals surface area (Å²) in [5, 5.41) is 10.6. The first-order valence-electron chi connectivity index (χ1n) is 5.17. The second-order valence-electron chi connectivity index (χ2n) is 3.69. The molecule has 7 nitrogen and oxygen atoms in total. The van der Waals surface area contributed by atoms with Gasteiger partial charge in [-0.2, -0.15) is 0 Å². The second kappa shape index (κ2) is 5.54. The molecule has 19 heavy (non-hydrogen) atoms.